The van der Waals surface area contributed by atoms with Gasteiger partial charge in [0.05, 0.1) is 5.69 Å². The Balaban J connectivity index is 0.000000240. The molecule has 2 aliphatic carbocycles. The monoisotopic (exact) mass is 490 g/mol. The maximum absolute atomic E-state index is 11.4. The lowest BCUT2D eigenvalue weighted by Gasteiger charge is -2.13. The van der Waals surface area contributed by atoms with Crippen LogP contribution in [0.3, 0.4) is 0 Å². The SMILES string of the molecule is CCN(CC)CC.Nc1ccccc1O.O=C(Cc1ccccc1O)C1CC1.O=C(Cl)C1CC1. The van der Waals surface area contributed by atoms with Gasteiger partial charge in [-0.05, 0) is 75.1 Å². The second kappa shape index (κ2) is 16.1. The Morgan fingerprint density at radius 1 is 0.853 bits per heavy atom. The highest BCUT2D eigenvalue weighted by Gasteiger charge is 2.29. The maximum atomic E-state index is 11.4. The molecule has 0 aromatic heterocycles. The highest BCUT2D eigenvalue weighted by molar-refractivity contribution is 6.64. The number of phenolic OH excluding ortho intramolecular Hbond substituents is 2. The van der Waals surface area contributed by atoms with E-state index in [1.165, 1.54) is 19.6 Å². The first-order chi connectivity index (χ1) is 16.2. The van der Waals surface area contributed by atoms with Crippen LogP contribution in [0.5, 0.6) is 11.5 Å². The number of para-hydroxylation sites is 3. The lowest BCUT2D eigenvalue weighted by molar-refractivity contribution is -0.119. The van der Waals surface area contributed by atoms with Crippen LogP contribution >= 0.6 is 11.6 Å². The van der Waals surface area contributed by atoms with Crippen LogP contribution in [0.1, 0.15) is 52.0 Å². The summed E-state index contributed by atoms with van der Waals surface area (Å²) in [5.74, 6) is 1.15. The molecule has 0 heterocycles. The number of carbonyl (C=O) groups is 2. The predicted octanol–water partition coefficient (Wildman–Crippen LogP) is 5.40. The Kier molecular flexibility index (Phi) is 14.0. The summed E-state index contributed by atoms with van der Waals surface area (Å²) in [5, 5.41) is 18.0. The molecule has 0 amide bonds. The molecular formula is C27H39ClN2O4. The number of ketones is 1. The predicted molar refractivity (Wildman–Crippen MR) is 139 cm³/mol. The van der Waals surface area contributed by atoms with E-state index in [4.69, 9.17) is 22.4 Å². The normalized spacial score (nSPS) is 13.9. The van der Waals surface area contributed by atoms with Crippen molar-refractivity contribution in [1.29, 1.82) is 0 Å². The Morgan fingerprint density at radius 2 is 1.32 bits per heavy atom. The topological polar surface area (TPSA) is 104 Å². The first kappa shape index (κ1) is 29.5. The summed E-state index contributed by atoms with van der Waals surface area (Å²) in [6.45, 7) is 10.1. The van der Waals surface area contributed by atoms with Gasteiger partial charge in [-0.15, -0.1) is 0 Å². The molecule has 2 saturated carbocycles. The van der Waals surface area contributed by atoms with Crippen molar-refractivity contribution in [2.45, 2.75) is 52.9 Å². The molecule has 2 aliphatic rings. The molecule has 188 valence electrons. The van der Waals surface area contributed by atoms with Crippen LogP contribution < -0.4 is 5.73 Å². The van der Waals surface area contributed by atoms with Gasteiger partial charge in [0.25, 0.3) is 0 Å². The lowest BCUT2D eigenvalue weighted by Crippen LogP contribution is -2.21. The average molecular weight is 491 g/mol. The Labute approximate surface area is 208 Å². The number of rotatable bonds is 7. The minimum absolute atomic E-state index is 0.146. The number of aromatic hydroxyl groups is 2. The highest BCUT2D eigenvalue weighted by atomic mass is 35.5. The van der Waals surface area contributed by atoms with Gasteiger partial charge in [0.15, 0.2) is 0 Å². The zero-order chi connectivity index (χ0) is 25.5. The van der Waals surface area contributed by atoms with Crippen LogP contribution in [0.25, 0.3) is 0 Å². The van der Waals surface area contributed by atoms with E-state index < -0.39 is 0 Å². The van der Waals surface area contributed by atoms with Crippen molar-refractivity contribution in [3.63, 3.8) is 0 Å². The van der Waals surface area contributed by atoms with Crippen LogP contribution in [0.2, 0.25) is 0 Å². The fraction of sp³-hybridized carbons (Fsp3) is 0.481. The molecule has 0 radical (unpaired) electrons. The number of hydrogen-bond donors (Lipinski definition) is 3. The van der Waals surface area contributed by atoms with E-state index in [2.05, 4.69) is 25.7 Å². The molecule has 4 N–H and O–H groups in total. The summed E-state index contributed by atoms with van der Waals surface area (Å²) in [6.07, 6.45) is 4.49. The van der Waals surface area contributed by atoms with E-state index in [9.17, 15) is 14.7 Å². The van der Waals surface area contributed by atoms with Gasteiger partial charge in [-0.25, -0.2) is 0 Å². The number of nitrogen functional groups attached to an aromatic ring is 1. The number of Topliss-reactive ketones (excluding diaryl/α,β-unsaturated/α-hetero) is 1. The van der Waals surface area contributed by atoms with Crippen molar-refractivity contribution in [2.75, 3.05) is 25.4 Å². The fourth-order valence-corrected chi connectivity index (χ4v) is 3.08. The third-order valence-electron chi connectivity index (χ3n) is 5.57. The summed E-state index contributed by atoms with van der Waals surface area (Å²) < 4.78 is 0. The number of hydrogen-bond acceptors (Lipinski definition) is 6. The lowest BCUT2D eigenvalue weighted by atomic mass is 10.1. The van der Waals surface area contributed by atoms with Gasteiger partial charge in [-0.3, -0.25) is 9.59 Å². The molecule has 0 aliphatic heterocycles. The smallest absolute Gasteiger partial charge is 0.224 e. The molecule has 0 saturated heterocycles. The number of halogens is 1. The molecule has 4 rings (SSSR count). The fourth-order valence-electron chi connectivity index (χ4n) is 2.87. The summed E-state index contributed by atoms with van der Waals surface area (Å²) in [5.41, 5.74) is 6.44. The minimum atomic E-state index is -0.157. The van der Waals surface area contributed by atoms with Crippen molar-refractivity contribution in [3.8, 4) is 11.5 Å². The van der Waals surface area contributed by atoms with Crippen molar-refractivity contribution >= 4 is 28.3 Å². The molecule has 0 spiro atoms. The van der Waals surface area contributed by atoms with E-state index in [-0.39, 0.29) is 34.4 Å². The average Bonchev–Trinajstić information content (AvgIpc) is 3.73. The number of phenols is 2. The van der Waals surface area contributed by atoms with Crippen molar-refractivity contribution in [1.82, 2.24) is 4.90 Å². The number of carbonyl (C=O) groups excluding carboxylic acids is 2. The first-order valence-electron chi connectivity index (χ1n) is 12.0. The summed E-state index contributed by atoms with van der Waals surface area (Å²) >= 11 is 5.04. The molecule has 0 atom stereocenters. The molecule has 0 unspecified atom stereocenters. The van der Waals surface area contributed by atoms with Gasteiger partial charge in [0, 0.05) is 23.8 Å². The van der Waals surface area contributed by atoms with Crippen LogP contribution in [-0.4, -0.2) is 45.8 Å². The molecule has 2 fully saturated rings. The number of benzene rings is 2. The minimum Gasteiger partial charge on any atom is -0.508 e. The van der Waals surface area contributed by atoms with Crippen LogP contribution in [-0.2, 0) is 16.0 Å². The second-order valence-electron chi connectivity index (χ2n) is 8.30. The molecule has 6 nitrogen and oxygen atoms in total. The van der Waals surface area contributed by atoms with E-state index in [0.29, 0.717) is 12.1 Å². The number of anilines is 1. The Morgan fingerprint density at radius 3 is 1.62 bits per heavy atom. The van der Waals surface area contributed by atoms with E-state index in [1.54, 1.807) is 42.5 Å². The molecule has 34 heavy (non-hydrogen) atoms. The third kappa shape index (κ3) is 12.6. The summed E-state index contributed by atoms with van der Waals surface area (Å²) in [7, 11) is 0. The summed E-state index contributed by atoms with van der Waals surface area (Å²) in [6, 6.07) is 13.7. The van der Waals surface area contributed by atoms with Crippen molar-refractivity contribution < 1.29 is 19.8 Å². The standard InChI is InChI=1S/C11H12O2.C6H7NO.C6H15N.C4H5ClO/c12-10-4-2-1-3-9(10)7-11(13)8-5-6-8;7-5-3-1-2-4-6(5)8;1-4-7(5-2)6-3;5-4(6)3-1-2-3/h1-4,8,12H,5-7H2;1-4,8H,7H2;4-6H2,1-3H3;3H,1-2H2. The quantitative estimate of drug-likeness (QED) is 0.273. The summed E-state index contributed by atoms with van der Waals surface area (Å²) in [4.78, 5) is 23.8. The van der Waals surface area contributed by atoms with Crippen LogP contribution in [0.4, 0.5) is 5.69 Å². The molecular weight excluding hydrogens is 452 g/mol. The van der Waals surface area contributed by atoms with Crippen LogP contribution in [0.15, 0.2) is 48.5 Å². The molecule has 7 heteroatoms. The van der Waals surface area contributed by atoms with Gasteiger partial charge >= 0.3 is 0 Å². The van der Waals surface area contributed by atoms with E-state index in [0.717, 1.165) is 31.2 Å². The zero-order valence-corrected chi connectivity index (χ0v) is 21.3. The maximum Gasteiger partial charge on any atom is 0.224 e. The van der Waals surface area contributed by atoms with E-state index >= 15 is 0 Å². The highest BCUT2D eigenvalue weighted by Crippen LogP contribution is 2.32. The Hall–Kier alpha value is -2.57. The van der Waals surface area contributed by atoms with Crippen molar-refractivity contribution in [2.24, 2.45) is 11.8 Å². The largest absolute Gasteiger partial charge is 0.508 e. The number of nitrogens with zero attached hydrogens (tertiary/aromatic N) is 1. The van der Waals surface area contributed by atoms with Gasteiger partial charge in [0.2, 0.25) is 5.24 Å². The van der Waals surface area contributed by atoms with Crippen LogP contribution in [0, 0.1) is 11.8 Å². The van der Waals surface area contributed by atoms with Gasteiger partial charge in [-0.1, -0.05) is 51.1 Å². The number of nitrogens with two attached hydrogens (primary N) is 1. The van der Waals surface area contributed by atoms with Crippen molar-refractivity contribution in [3.05, 3.63) is 54.1 Å². The molecule has 0 bridgehead atoms. The van der Waals surface area contributed by atoms with Gasteiger partial charge < -0.3 is 20.8 Å². The zero-order valence-electron chi connectivity index (χ0n) is 20.5. The third-order valence-corrected chi connectivity index (χ3v) is 5.87. The Bertz CT molecular complexity index is 852. The first-order valence-corrected chi connectivity index (χ1v) is 12.4. The van der Waals surface area contributed by atoms with Gasteiger partial charge in [0.1, 0.15) is 17.3 Å². The second-order valence-corrected chi connectivity index (χ2v) is 8.68. The molecule has 2 aromatic rings. The molecule has 2 aromatic carbocycles. The van der Waals surface area contributed by atoms with Gasteiger partial charge in [-0.2, -0.15) is 0 Å². The van der Waals surface area contributed by atoms with E-state index in [1.807, 2.05) is 6.07 Å².